The van der Waals surface area contributed by atoms with E-state index in [1.807, 2.05) is 27.7 Å². The summed E-state index contributed by atoms with van der Waals surface area (Å²) >= 11 is 0. The Morgan fingerprint density at radius 1 is 0.895 bits per heavy atom. The van der Waals surface area contributed by atoms with E-state index >= 15 is 0 Å². The fourth-order valence-electron chi connectivity index (χ4n) is 4.19. The maximum atomic E-state index is 14.0. The molecule has 1 N–H and O–H groups in total. The number of hydrogen-bond donors (Lipinski definition) is 1. The molecule has 0 atom stereocenters. The molecule has 1 saturated carbocycles. The second-order valence-electron chi connectivity index (χ2n) is 7.49. The highest BCUT2D eigenvalue weighted by molar-refractivity contribution is 5.28. The van der Waals surface area contributed by atoms with Gasteiger partial charge in [0.25, 0.3) is 0 Å². The lowest BCUT2D eigenvalue weighted by Crippen LogP contribution is -2.45. The van der Waals surface area contributed by atoms with E-state index in [1.165, 1.54) is 18.2 Å². The average Bonchev–Trinajstić information content (AvgIpc) is 2.09. The van der Waals surface area contributed by atoms with E-state index in [-0.39, 0.29) is 16.4 Å². The summed E-state index contributed by atoms with van der Waals surface area (Å²) in [4.78, 5) is 0. The third-order valence-electron chi connectivity index (χ3n) is 3.93. The molecule has 1 aliphatic carbocycles. The van der Waals surface area contributed by atoms with Crippen molar-refractivity contribution in [3.63, 3.8) is 0 Å². The summed E-state index contributed by atoms with van der Waals surface area (Å²) in [6.45, 7) is 8.16. The number of halogens is 2. The SMILES string of the molecule is CC1(C)CC(C)(C)CC(O)(c2c(F)cccc2F)C1. The lowest BCUT2D eigenvalue weighted by Gasteiger charge is -2.49. The quantitative estimate of drug-likeness (QED) is 0.801. The van der Waals surface area contributed by atoms with E-state index in [0.29, 0.717) is 12.8 Å². The highest BCUT2D eigenvalue weighted by Crippen LogP contribution is 2.54. The topological polar surface area (TPSA) is 20.2 Å². The highest BCUT2D eigenvalue weighted by atomic mass is 19.1. The maximum absolute atomic E-state index is 14.0. The monoisotopic (exact) mass is 268 g/mol. The van der Waals surface area contributed by atoms with Crippen molar-refractivity contribution in [2.75, 3.05) is 0 Å². The van der Waals surface area contributed by atoms with Gasteiger partial charge in [-0.2, -0.15) is 0 Å². The summed E-state index contributed by atoms with van der Waals surface area (Å²) in [5, 5.41) is 10.9. The van der Waals surface area contributed by atoms with Crippen LogP contribution >= 0.6 is 0 Å². The predicted molar refractivity (Wildman–Crippen MR) is 71.7 cm³/mol. The van der Waals surface area contributed by atoms with Gasteiger partial charge in [-0.05, 0) is 42.2 Å². The van der Waals surface area contributed by atoms with Gasteiger partial charge in [-0.25, -0.2) is 8.78 Å². The van der Waals surface area contributed by atoms with Crippen LogP contribution < -0.4 is 0 Å². The van der Waals surface area contributed by atoms with E-state index < -0.39 is 17.2 Å². The second-order valence-corrected chi connectivity index (χ2v) is 7.49. The van der Waals surface area contributed by atoms with Gasteiger partial charge in [0.15, 0.2) is 0 Å². The fourth-order valence-corrected chi connectivity index (χ4v) is 4.19. The zero-order chi connectivity index (χ0) is 14.5. The van der Waals surface area contributed by atoms with Crippen LogP contribution in [0.3, 0.4) is 0 Å². The first kappa shape index (κ1) is 14.4. The van der Waals surface area contributed by atoms with Crippen molar-refractivity contribution in [3.05, 3.63) is 35.4 Å². The molecule has 1 aromatic rings. The molecule has 19 heavy (non-hydrogen) atoms. The lowest BCUT2D eigenvalue weighted by atomic mass is 9.58. The van der Waals surface area contributed by atoms with Crippen LogP contribution in [-0.4, -0.2) is 5.11 Å². The van der Waals surface area contributed by atoms with Crippen LogP contribution in [-0.2, 0) is 5.60 Å². The van der Waals surface area contributed by atoms with Gasteiger partial charge in [0.05, 0.1) is 11.2 Å². The van der Waals surface area contributed by atoms with Crippen molar-refractivity contribution in [1.82, 2.24) is 0 Å². The molecule has 3 heteroatoms. The smallest absolute Gasteiger partial charge is 0.132 e. The van der Waals surface area contributed by atoms with Crippen LogP contribution in [0.2, 0.25) is 0 Å². The Morgan fingerprint density at radius 3 is 1.74 bits per heavy atom. The standard InChI is InChI=1S/C16H22F2O/c1-14(2)8-15(3,4)10-16(19,9-14)13-11(17)6-5-7-12(13)18/h5-7,19H,8-10H2,1-4H3. The summed E-state index contributed by atoms with van der Waals surface area (Å²) in [5.74, 6) is -1.31. The largest absolute Gasteiger partial charge is 0.385 e. The lowest BCUT2D eigenvalue weighted by molar-refractivity contribution is -0.0950. The molecule has 0 spiro atoms. The molecule has 0 aromatic heterocycles. The van der Waals surface area contributed by atoms with Crippen LogP contribution in [0.25, 0.3) is 0 Å². The molecule has 1 aromatic carbocycles. The minimum atomic E-state index is -1.43. The summed E-state index contributed by atoms with van der Waals surface area (Å²) < 4.78 is 28.0. The van der Waals surface area contributed by atoms with Gasteiger partial charge in [-0.3, -0.25) is 0 Å². The third kappa shape index (κ3) is 2.81. The van der Waals surface area contributed by atoms with Crippen molar-refractivity contribution >= 4 is 0 Å². The van der Waals surface area contributed by atoms with Gasteiger partial charge in [-0.1, -0.05) is 33.8 Å². The van der Waals surface area contributed by atoms with E-state index in [1.54, 1.807) is 0 Å². The van der Waals surface area contributed by atoms with Gasteiger partial charge >= 0.3 is 0 Å². The first-order chi connectivity index (χ1) is 8.55. The van der Waals surface area contributed by atoms with E-state index in [2.05, 4.69) is 0 Å². The zero-order valence-electron chi connectivity index (χ0n) is 12.1. The molecule has 0 radical (unpaired) electrons. The normalized spacial score (nSPS) is 24.2. The van der Waals surface area contributed by atoms with Gasteiger partial charge in [0, 0.05) is 0 Å². The molecule has 1 fully saturated rings. The molecule has 2 rings (SSSR count). The number of hydrogen-bond acceptors (Lipinski definition) is 1. The van der Waals surface area contributed by atoms with Crippen LogP contribution in [0.4, 0.5) is 8.78 Å². The average molecular weight is 268 g/mol. The molecule has 0 aliphatic heterocycles. The second kappa shape index (κ2) is 4.27. The molecular formula is C16H22F2O. The zero-order valence-corrected chi connectivity index (χ0v) is 12.1. The number of aliphatic hydroxyl groups is 1. The Bertz CT molecular complexity index is 455. The summed E-state index contributed by atoms with van der Waals surface area (Å²) in [5.41, 5.74) is -1.90. The molecule has 1 nitrogen and oxygen atoms in total. The van der Waals surface area contributed by atoms with Crippen LogP contribution in [0, 0.1) is 22.5 Å². The molecule has 0 saturated heterocycles. The Morgan fingerprint density at radius 2 is 1.32 bits per heavy atom. The Labute approximate surface area is 113 Å². The molecule has 0 unspecified atom stereocenters. The maximum Gasteiger partial charge on any atom is 0.132 e. The van der Waals surface area contributed by atoms with Crippen LogP contribution in [0.5, 0.6) is 0 Å². The summed E-state index contributed by atoms with van der Waals surface area (Å²) in [6.07, 6.45) is 1.68. The minimum absolute atomic E-state index is 0.148. The summed E-state index contributed by atoms with van der Waals surface area (Å²) in [6, 6.07) is 3.76. The Balaban J connectivity index is 2.53. The third-order valence-corrected chi connectivity index (χ3v) is 3.93. The van der Waals surface area contributed by atoms with Gasteiger partial charge in [0.2, 0.25) is 0 Å². The van der Waals surface area contributed by atoms with Gasteiger partial charge in [-0.15, -0.1) is 0 Å². The van der Waals surface area contributed by atoms with Crippen molar-refractivity contribution in [2.24, 2.45) is 10.8 Å². The Hall–Kier alpha value is -0.960. The molecule has 0 heterocycles. The van der Waals surface area contributed by atoms with Crippen molar-refractivity contribution in [1.29, 1.82) is 0 Å². The summed E-state index contributed by atoms with van der Waals surface area (Å²) in [7, 11) is 0. The molecule has 0 amide bonds. The molecule has 1 aliphatic rings. The molecule has 0 bridgehead atoms. The Kier molecular flexibility index (Phi) is 3.25. The fraction of sp³-hybridized carbons (Fsp3) is 0.625. The van der Waals surface area contributed by atoms with Crippen molar-refractivity contribution in [3.8, 4) is 0 Å². The van der Waals surface area contributed by atoms with E-state index in [0.717, 1.165) is 6.42 Å². The van der Waals surface area contributed by atoms with E-state index in [9.17, 15) is 13.9 Å². The van der Waals surface area contributed by atoms with Gasteiger partial charge < -0.3 is 5.11 Å². The van der Waals surface area contributed by atoms with Crippen LogP contribution in [0.15, 0.2) is 18.2 Å². The van der Waals surface area contributed by atoms with Crippen molar-refractivity contribution < 1.29 is 13.9 Å². The van der Waals surface area contributed by atoms with E-state index in [4.69, 9.17) is 0 Å². The van der Waals surface area contributed by atoms with Crippen molar-refractivity contribution in [2.45, 2.75) is 52.6 Å². The highest BCUT2D eigenvalue weighted by Gasteiger charge is 2.49. The number of benzene rings is 1. The first-order valence-electron chi connectivity index (χ1n) is 6.72. The first-order valence-corrected chi connectivity index (χ1v) is 6.72. The van der Waals surface area contributed by atoms with Gasteiger partial charge in [0.1, 0.15) is 11.6 Å². The molecule has 106 valence electrons. The van der Waals surface area contributed by atoms with Crippen LogP contribution in [0.1, 0.15) is 52.5 Å². The predicted octanol–water partition coefficient (Wildman–Crippen LogP) is 4.39. The molecular weight excluding hydrogens is 246 g/mol. The minimum Gasteiger partial charge on any atom is -0.385 e. The number of rotatable bonds is 1.